The average molecular weight is 374 g/mol. The molecule has 0 bridgehead atoms. The monoisotopic (exact) mass is 372 g/mol. The molecule has 5 heteroatoms. The van der Waals surface area contributed by atoms with Gasteiger partial charge in [0.05, 0.1) is 21.8 Å². The van der Waals surface area contributed by atoms with Crippen LogP contribution in [0.15, 0.2) is 0 Å². The molecular weight excluding hydrogens is 359 g/mol. The van der Waals surface area contributed by atoms with Gasteiger partial charge in [0.25, 0.3) is 0 Å². The van der Waals surface area contributed by atoms with Gasteiger partial charge in [-0.1, -0.05) is 31.9 Å². The summed E-state index contributed by atoms with van der Waals surface area (Å²) in [6.07, 6.45) is 3.75. The van der Waals surface area contributed by atoms with Crippen LogP contribution in [-0.2, 0) is 9.47 Å². The number of ether oxygens (including phenoxy) is 2. The Morgan fingerprint density at radius 2 is 2.06 bits per heavy atom. The number of hydrogen-bond acceptors (Lipinski definition) is 2. The van der Waals surface area contributed by atoms with E-state index in [9.17, 15) is 0 Å². The van der Waals surface area contributed by atoms with Crippen molar-refractivity contribution in [1.82, 2.24) is 0 Å². The van der Waals surface area contributed by atoms with E-state index in [1.54, 1.807) is 0 Å². The fraction of sp³-hybridized carbons (Fsp3) is 1.00. The maximum Gasteiger partial charge on any atom is 0.161 e. The largest absolute Gasteiger partial charge is 0.350 e. The van der Waals surface area contributed by atoms with Gasteiger partial charge in [0.1, 0.15) is 0 Å². The molecule has 0 N–H and O–H groups in total. The molecule has 2 aliphatic carbocycles. The second-order valence-electron chi connectivity index (χ2n) is 5.07. The maximum absolute atomic E-state index is 5.80. The zero-order valence-corrected chi connectivity index (χ0v) is 12.8. The van der Waals surface area contributed by atoms with E-state index in [4.69, 9.17) is 21.1 Å². The average Bonchev–Trinajstić information content (AvgIpc) is 2.70. The first kappa shape index (κ1) is 12.2. The molecular formula is C11H15Br2ClO2. The van der Waals surface area contributed by atoms with Gasteiger partial charge in [0.2, 0.25) is 0 Å². The van der Waals surface area contributed by atoms with Gasteiger partial charge in [-0.25, -0.2) is 0 Å². The first-order valence-electron chi connectivity index (χ1n) is 5.83. The lowest BCUT2D eigenvalue weighted by Crippen LogP contribution is -2.25. The van der Waals surface area contributed by atoms with Crippen LogP contribution in [0.4, 0.5) is 0 Å². The Balaban J connectivity index is 1.58. The lowest BCUT2D eigenvalue weighted by Gasteiger charge is -2.25. The fourth-order valence-electron chi connectivity index (χ4n) is 3.06. The van der Waals surface area contributed by atoms with Gasteiger partial charge in [0, 0.05) is 5.92 Å². The molecule has 0 radical (unpaired) electrons. The van der Waals surface area contributed by atoms with Crippen LogP contribution in [0, 0.1) is 17.8 Å². The Hall–Kier alpha value is 1.17. The summed E-state index contributed by atoms with van der Waals surface area (Å²) in [6, 6.07) is 0. The minimum absolute atomic E-state index is 0.0129. The van der Waals surface area contributed by atoms with Gasteiger partial charge in [-0.05, 0) is 31.1 Å². The predicted molar refractivity (Wildman–Crippen MR) is 70.2 cm³/mol. The van der Waals surface area contributed by atoms with E-state index in [0.29, 0.717) is 18.4 Å². The third kappa shape index (κ3) is 1.99. The summed E-state index contributed by atoms with van der Waals surface area (Å²) in [7, 11) is 0. The highest BCUT2D eigenvalue weighted by molar-refractivity contribution is 9.25. The molecule has 1 aliphatic heterocycles. The second kappa shape index (κ2) is 4.37. The maximum atomic E-state index is 5.80. The quantitative estimate of drug-likeness (QED) is 0.689. The molecule has 1 saturated heterocycles. The molecule has 3 aliphatic rings. The van der Waals surface area contributed by atoms with Gasteiger partial charge in [-0.2, -0.15) is 0 Å². The summed E-state index contributed by atoms with van der Waals surface area (Å²) in [4.78, 5) is 0. The standard InChI is InChI=1S/C11H15Br2ClO2/c12-11(13)8-2-1-6(3-9(8)11)10-15-5-7(4-14)16-10/h6-10H,1-5H2. The summed E-state index contributed by atoms with van der Waals surface area (Å²) >= 11 is 13.3. The number of alkyl halides is 3. The van der Waals surface area contributed by atoms with Crippen molar-refractivity contribution in [2.45, 2.75) is 34.9 Å². The van der Waals surface area contributed by atoms with Crippen molar-refractivity contribution in [3.8, 4) is 0 Å². The van der Waals surface area contributed by atoms with Crippen LogP contribution in [0.3, 0.4) is 0 Å². The molecule has 2 nitrogen and oxygen atoms in total. The molecule has 3 fully saturated rings. The van der Waals surface area contributed by atoms with Crippen molar-refractivity contribution in [1.29, 1.82) is 0 Å². The summed E-state index contributed by atoms with van der Waals surface area (Å²) in [5.41, 5.74) is 0. The van der Waals surface area contributed by atoms with Gasteiger partial charge in [-0.3, -0.25) is 0 Å². The first-order chi connectivity index (χ1) is 7.63. The minimum atomic E-state index is -0.0129. The third-order valence-corrected chi connectivity index (χ3v) is 6.80. The number of fused-ring (bicyclic) bond motifs is 1. The van der Waals surface area contributed by atoms with Crippen LogP contribution in [0.25, 0.3) is 0 Å². The van der Waals surface area contributed by atoms with Crippen molar-refractivity contribution < 1.29 is 9.47 Å². The van der Waals surface area contributed by atoms with Crippen molar-refractivity contribution in [2.75, 3.05) is 12.5 Å². The van der Waals surface area contributed by atoms with Crippen molar-refractivity contribution >= 4 is 43.5 Å². The molecule has 0 spiro atoms. The Labute approximate surface area is 118 Å². The topological polar surface area (TPSA) is 18.5 Å². The molecule has 1 heterocycles. The van der Waals surface area contributed by atoms with E-state index in [1.165, 1.54) is 19.3 Å². The molecule has 0 aromatic heterocycles. The molecule has 5 unspecified atom stereocenters. The third-order valence-electron chi connectivity index (χ3n) is 4.10. The summed E-state index contributed by atoms with van der Waals surface area (Å²) in [5, 5.41) is 0. The highest BCUT2D eigenvalue weighted by Crippen LogP contribution is 2.68. The Kier molecular flexibility index (Phi) is 3.34. The van der Waals surface area contributed by atoms with Gasteiger partial charge >= 0.3 is 0 Å². The highest BCUT2D eigenvalue weighted by atomic mass is 79.9. The number of halogens is 3. The molecule has 92 valence electrons. The molecule has 5 atom stereocenters. The molecule has 0 aromatic carbocycles. The van der Waals surface area contributed by atoms with Gasteiger partial charge < -0.3 is 9.47 Å². The van der Waals surface area contributed by atoms with E-state index in [2.05, 4.69) is 31.9 Å². The zero-order valence-electron chi connectivity index (χ0n) is 8.87. The van der Waals surface area contributed by atoms with Crippen LogP contribution in [0.2, 0.25) is 0 Å². The van der Waals surface area contributed by atoms with Gasteiger partial charge in [0.15, 0.2) is 6.29 Å². The van der Waals surface area contributed by atoms with Crippen molar-refractivity contribution in [3.63, 3.8) is 0 Å². The van der Waals surface area contributed by atoms with E-state index >= 15 is 0 Å². The minimum Gasteiger partial charge on any atom is -0.350 e. The Morgan fingerprint density at radius 1 is 1.25 bits per heavy atom. The Morgan fingerprint density at radius 3 is 2.69 bits per heavy atom. The van der Waals surface area contributed by atoms with Crippen LogP contribution in [0.5, 0.6) is 0 Å². The van der Waals surface area contributed by atoms with Crippen LogP contribution >= 0.6 is 43.5 Å². The van der Waals surface area contributed by atoms with Gasteiger partial charge in [-0.15, -0.1) is 11.6 Å². The lowest BCUT2D eigenvalue weighted by atomic mass is 9.89. The number of hydrogen-bond donors (Lipinski definition) is 0. The summed E-state index contributed by atoms with van der Waals surface area (Å²) < 4.78 is 11.7. The SMILES string of the molecule is ClCC1COC(C2CCC3C(C2)C3(Br)Br)O1. The summed E-state index contributed by atoms with van der Waals surface area (Å²) in [5.74, 6) is 2.63. The Bertz CT molecular complexity index is 287. The normalized spacial score (nSPS) is 50.1. The van der Waals surface area contributed by atoms with Crippen LogP contribution in [0.1, 0.15) is 19.3 Å². The predicted octanol–water partition coefficient (Wildman–Crippen LogP) is 3.50. The van der Waals surface area contributed by atoms with Crippen molar-refractivity contribution in [2.24, 2.45) is 17.8 Å². The van der Waals surface area contributed by atoms with E-state index in [-0.39, 0.29) is 15.6 Å². The molecule has 3 rings (SSSR count). The second-order valence-corrected chi connectivity index (χ2v) is 9.07. The highest BCUT2D eigenvalue weighted by Gasteiger charge is 2.63. The number of rotatable bonds is 2. The smallest absolute Gasteiger partial charge is 0.161 e. The fourth-order valence-corrected chi connectivity index (χ4v) is 5.06. The lowest BCUT2D eigenvalue weighted by molar-refractivity contribution is -0.103. The van der Waals surface area contributed by atoms with E-state index < -0.39 is 0 Å². The summed E-state index contributed by atoms with van der Waals surface area (Å²) in [6.45, 7) is 0.659. The molecule has 16 heavy (non-hydrogen) atoms. The van der Waals surface area contributed by atoms with Crippen LogP contribution < -0.4 is 0 Å². The van der Waals surface area contributed by atoms with E-state index in [0.717, 1.165) is 11.8 Å². The first-order valence-corrected chi connectivity index (χ1v) is 7.96. The molecule has 2 saturated carbocycles. The molecule has 0 aromatic rings. The zero-order chi connectivity index (χ0) is 11.3. The van der Waals surface area contributed by atoms with E-state index in [1.807, 2.05) is 0 Å². The molecule has 0 amide bonds. The van der Waals surface area contributed by atoms with Crippen molar-refractivity contribution in [3.05, 3.63) is 0 Å². The van der Waals surface area contributed by atoms with Crippen LogP contribution in [-0.4, -0.2) is 28.1 Å².